The van der Waals surface area contributed by atoms with Crippen LogP contribution in [0.25, 0.3) is 0 Å². The van der Waals surface area contributed by atoms with Gasteiger partial charge >= 0.3 is 6.09 Å². The molecular formula is C14H26N2O3. The van der Waals surface area contributed by atoms with E-state index in [2.05, 4.69) is 12.2 Å². The maximum absolute atomic E-state index is 11.8. The topological polar surface area (TPSA) is 50.8 Å². The van der Waals surface area contributed by atoms with Crippen molar-refractivity contribution in [2.45, 2.75) is 57.8 Å². The molecule has 19 heavy (non-hydrogen) atoms. The van der Waals surface area contributed by atoms with E-state index in [1.54, 1.807) is 4.90 Å². The number of nitrogens with one attached hydrogen (secondary N) is 1. The van der Waals surface area contributed by atoms with Gasteiger partial charge in [-0.2, -0.15) is 0 Å². The molecule has 0 aliphatic carbocycles. The fraction of sp³-hybridized carbons (Fsp3) is 0.929. The standard InChI is InChI=1S/C14H26N2O3/c1-13(2,3)19-12(17)16-8-11(9-16)15-10-14(4)6-5-7-18-14/h11,15H,5-10H2,1-4H3. The molecule has 110 valence electrons. The van der Waals surface area contributed by atoms with Crippen LogP contribution in [-0.2, 0) is 9.47 Å². The van der Waals surface area contributed by atoms with Crippen molar-refractivity contribution in [2.75, 3.05) is 26.2 Å². The maximum atomic E-state index is 11.8. The van der Waals surface area contributed by atoms with E-state index in [1.807, 2.05) is 20.8 Å². The summed E-state index contributed by atoms with van der Waals surface area (Å²) in [6, 6.07) is 0.369. The molecule has 1 amide bonds. The predicted molar refractivity (Wildman–Crippen MR) is 73.2 cm³/mol. The second-order valence-electron chi connectivity index (χ2n) is 6.87. The molecule has 5 nitrogen and oxygen atoms in total. The summed E-state index contributed by atoms with van der Waals surface area (Å²) in [6.07, 6.45) is 2.05. The summed E-state index contributed by atoms with van der Waals surface area (Å²) in [5.41, 5.74) is -0.437. The summed E-state index contributed by atoms with van der Waals surface area (Å²) in [5, 5.41) is 3.47. The third-order valence-corrected chi connectivity index (χ3v) is 3.60. The Hall–Kier alpha value is -0.810. The Labute approximate surface area is 115 Å². The number of rotatable bonds is 3. The fourth-order valence-electron chi connectivity index (χ4n) is 2.42. The molecule has 0 radical (unpaired) electrons. The predicted octanol–water partition coefficient (Wildman–Crippen LogP) is 1.76. The zero-order chi connectivity index (χ0) is 14.1. The summed E-state index contributed by atoms with van der Waals surface area (Å²) in [4.78, 5) is 13.5. The Morgan fingerprint density at radius 1 is 1.47 bits per heavy atom. The second-order valence-corrected chi connectivity index (χ2v) is 6.87. The zero-order valence-electron chi connectivity index (χ0n) is 12.5. The second kappa shape index (κ2) is 5.29. The highest BCUT2D eigenvalue weighted by atomic mass is 16.6. The minimum absolute atomic E-state index is 0.0215. The lowest BCUT2D eigenvalue weighted by Crippen LogP contribution is -2.62. The maximum Gasteiger partial charge on any atom is 0.410 e. The largest absolute Gasteiger partial charge is 0.444 e. The lowest BCUT2D eigenvalue weighted by molar-refractivity contribution is -0.00511. The number of likely N-dealkylation sites (tertiary alicyclic amines) is 1. The van der Waals surface area contributed by atoms with Crippen LogP contribution >= 0.6 is 0 Å². The SMILES string of the molecule is CC(C)(C)OC(=O)N1CC(NCC2(C)CCCO2)C1. The minimum Gasteiger partial charge on any atom is -0.444 e. The molecule has 2 aliphatic rings. The molecule has 1 unspecified atom stereocenters. The first-order valence-electron chi connectivity index (χ1n) is 7.13. The first-order valence-corrected chi connectivity index (χ1v) is 7.13. The molecule has 2 rings (SSSR count). The van der Waals surface area contributed by atoms with Gasteiger partial charge in [0.1, 0.15) is 5.60 Å². The molecule has 2 saturated heterocycles. The number of carbonyl (C=O) groups is 1. The van der Waals surface area contributed by atoms with E-state index in [0.717, 1.165) is 39.1 Å². The van der Waals surface area contributed by atoms with E-state index in [1.165, 1.54) is 0 Å². The van der Waals surface area contributed by atoms with Gasteiger partial charge in [0.2, 0.25) is 0 Å². The molecule has 0 aromatic heterocycles. The number of ether oxygens (including phenoxy) is 2. The highest BCUT2D eigenvalue weighted by molar-refractivity contribution is 5.69. The molecule has 0 aromatic carbocycles. The van der Waals surface area contributed by atoms with Crippen molar-refractivity contribution < 1.29 is 14.3 Å². The van der Waals surface area contributed by atoms with Crippen molar-refractivity contribution in [3.8, 4) is 0 Å². The lowest BCUT2D eigenvalue weighted by Gasteiger charge is -2.41. The summed E-state index contributed by atoms with van der Waals surface area (Å²) in [7, 11) is 0. The van der Waals surface area contributed by atoms with E-state index >= 15 is 0 Å². The van der Waals surface area contributed by atoms with Crippen molar-refractivity contribution in [1.29, 1.82) is 0 Å². The normalized spacial score (nSPS) is 28.3. The minimum atomic E-state index is -0.416. The van der Waals surface area contributed by atoms with E-state index in [9.17, 15) is 4.79 Å². The number of nitrogens with zero attached hydrogens (tertiary/aromatic N) is 1. The van der Waals surface area contributed by atoms with Gasteiger partial charge < -0.3 is 19.7 Å². The highest BCUT2D eigenvalue weighted by Gasteiger charge is 2.36. The molecule has 0 aromatic rings. The molecule has 1 atom stereocenters. The number of hydrogen-bond donors (Lipinski definition) is 1. The Morgan fingerprint density at radius 2 is 2.16 bits per heavy atom. The number of amides is 1. The van der Waals surface area contributed by atoms with Crippen LogP contribution in [-0.4, -0.2) is 54.5 Å². The van der Waals surface area contributed by atoms with Gasteiger partial charge in [-0.1, -0.05) is 0 Å². The fourth-order valence-corrected chi connectivity index (χ4v) is 2.42. The Morgan fingerprint density at radius 3 is 2.68 bits per heavy atom. The van der Waals surface area contributed by atoms with Crippen LogP contribution in [0.2, 0.25) is 0 Å². The van der Waals surface area contributed by atoms with Gasteiger partial charge in [0, 0.05) is 32.3 Å². The molecule has 2 aliphatic heterocycles. The van der Waals surface area contributed by atoms with Crippen LogP contribution in [0.4, 0.5) is 4.79 Å². The molecule has 0 saturated carbocycles. The Kier molecular flexibility index (Phi) is 4.06. The summed E-state index contributed by atoms with van der Waals surface area (Å²) in [5.74, 6) is 0. The van der Waals surface area contributed by atoms with Crippen molar-refractivity contribution in [2.24, 2.45) is 0 Å². The van der Waals surface area contributed by atoms with E-state index in [-0.39, 0.29) is 11.7 Å². The first-order chi connectivity index (χ1) is 8.77. The van der Waals surface area contributed by atoms with Gasteiger partial charge in [0.05, 0.1) is 5.60 Å². The third-order valence-electron chi connectivity index (χ3n) is 3.60. The molecule has 0 spiro atoms. The molecule has 0 bridgehead atoms. The van der Waals surface area contributed by atoms with Crippen LogP contribution in [0.15, 0.2) is 0 Å². The molecule has 1 N–H and O–H groups in total. The van der Waals surface area contributed by atoms with Gasteiger partial charge in [-0.3, -0.25) is 0 Å². The van der Waals surface area contributed by atoms with Gasteiger partial charge in [0.15, 0.2) is 0 Å². The summed E-state index contributed by atoms with van der Waals surface area (Å²) in [6.45, 7) is 11.0. The molecule has 5 heteroatoms. The van der Waals surface area contributed by atoms with E-state index in [0.29, 0.717) is 6.04 Å². The van der Waals surface area contributed by atoms with Gasteiger partial charge in [-0.25, -0.2) is 4.79 Å². The van der Waals surface area contributed by atoms with E-state index in [4.69, 9.17) is 9.47 Å². The van der Waals surface area contributed by atoms with Crippen molar-refractivity contribution in [3.05, 3.63) is 0 Å². The molecule has 2 heterocycles. The van der Waals surface area contributed by atoms with Crippen LogP contribution in [0, 0.1) is 0 Å². The van der Waals surface area contributed by atoms with Crippen LogP contribution in [0.3, 0.4) is 0 Å². The zero-order valence-corrected chi connectivity index (χ0v) is 12.5. The van der Waals surface area contributed by atoms with Crippen molar-refractivity contribution in [3.63, 3.8) is 0 Å². The molecule has 2 fully saturated rings. The summed E-state index contributed by atoms with van der Waals surface area (Å²) >= 11 is 0. The highest BCUT2D eigenvalue weighted by Crippen LogP contribution is 2.24. The van der Waals surface area contributed by atoms with Crippen LogP contribution in [0.1, 0.15) is 40.5 Å². The lowest BCUT2D eigenvalue weighted by atomic mass is 10.0. The average molecular weight is 270 g/mol. The monoisotopic (exact) mass is 270 g/mol. The van der Waals surface area contributed by atoms with Crippen molar-refractivity contribution >= 4 is 6.09 Å². The van der Waals surface area contributed by atoms with Crippen molar-refractivity contribution in [1.82, 2.24) is 10.2 Å². The first kappa shape index (κ1) is 14.6. The molecular weight excluding hydrogens is 244 g/mol. The van der Waals surface area contributed by atoms with Gasteiger partial charge in [0.25, 0.3) is 0 Å². The Bertz CT molecular complexity index is 326. The number of carbonyl (C=O) groups excluding carboxylic acids is 1. The third kappa shape index (κ3) is 4.08. The quantitative estimate of drug-likeness (QED) is 0.849. The summed E-state index contributed by atoms with van der Waals surface area (Å²) < 4.78 is 11.1. The van der Waals surface area contributed by atoms with E-state index < -0.39 is 5.60 Å². The van der Waals surface area contributed by atoms with Gasteiger partial charge in [-0.05, 0) is 40.5 Å². The average Bonchev–Trinajstić information content (AvgIpc) is 2.60. The smallest absolute Gasteiger partial charge is 0.410 e. The van der Waals surface area contributed by atoms with Crippen LogP contribution < -0.4 is 5.32 Å². The Balaban J connectivity index is 1.65. The van der Waals surface area contributed by atoms with Gasteiger partial charge in [-0.15, -0.1) is 0 Å². The number of hydrogen-bond acceptors (Lipinski definition) is 4. The van der Waals surface area contributed by atoms with Crippen LogP contribution in [0.5, 0.6) is 0 Å².